The monoisotopic (exact) mass is 420 g/mol. The molecule has 0 N–H and O–H groups in total. The van der Waals surface area contributed by atoms with Crippen LogP contribution in [0, 0.1) is 6.92 Å². The maximum Gasteiger partial charge on any atom is 0.131 e. The van der Waals surface area contributed by atoms with E-state index in [0.29, 0.717) is 0 Å². The maximum absolute atomic E-state index is 5.93. The van der Waals surface area contributed by atoms with Crippen LogP contribution in [0.3, 0.4) is 0 Å². The Morgan fingerprint density at radius 2 is 1.26 bits per heavy atom. The molecule has 0 aliphatic heterocycles. The highest BCUT2D eigenvalue weighted by molar-refractivity contribution is 9.08. The van der Waals surface area contributed by atoms with E-state index in [1.54, 1.807) is 14.2 Å². The van der Waals surface area contributed by atoms with Crippen LogP contribution in [0.1, 0.15) is 11.1 Å². The molecule has 0 saturated heterocycles. The number of rotatable bonds is 4. The number of fused-ring (bicyclic) bond motifs is 2. The quantitative estimate of drug-likeness (QED) is 0.335. The summed E-state index contributed by atoms with van der Waals surface area (Å²) in [5, 5.41) is 5.43. The van der Waals surface area contributed by atoms with Crippen molar-refractivity contribution >= 4 is 37.5 Å². The third kappa shape index (κ3) is 2.87. The minimum atomic E-state index is 0.722. The molecular weight excluding hydrogens is 400 g/mol. The van der Waals surface area contributed by atoms with Gasteiger partial charge >= 0.3 is 0 Å². The van der Waals surface area contributed by atoms with Crippen LogP contribution in [-0.2, 0) is 5.33 Å². The molecule has 0 aliphatic rings. The number of halogens is 1. The lowest BCUT2D eigenvalue weighted by Crippen LogP contribution is -1.99. The maximum atomic E-state index is 5.93. The Morgan fingerprint density at radius 3 is 1.81 bits per heavy atom. The van der Waals surface area contributed by atoms with Gasteiger partial charge < -0.3 is 9.47 Å². The predicted octanol–water partition coefficient (Wildman–Crippen LogP) is 6.88. The third-order valence-electron chi connectivity index (χ3n) is 5.07. The summed E-state index contributed by atoms with van der Waals surface area (Å²) < 4.78 is 11.8. The molecular formula is C24H21BrO2. The Morgan fingerprint density at radius 1 is 0.741 bits per heavy atom. The molecule has 0 amide bonds. The van der Waals surface area contributed by atoms with Crippen LogP contribution in [0.2, 0.25) is 0 Å². The number of methoxy groups -OCH3 is 2. The molecule has 0 heterocycles. The molecule has 0 fully saturated rings. The second-order valence-electron chi connectivity index (χ2n) is 6.62. The zero-order valence-corrected chi connectivity index (χ0v) is 17.3. The lowest BCUT2D eigenvalue weighted by molar-refractivity contribution is 0.408. The Hall–Kier alpha value is -2.52. The second-order valence-corrected chi connectivity index (χ2v) is 7.18. The molecule has 2 nitrogen and oxygen atoms in total. The zero-order valence-electron chi connectivity index (χ0n) is 15.7. The largest absolute Gasteiger partial charge is 0.496 e. The van der Waals surface area contributed by atoms with Crippen molar-refractivity contribution in [1.82, 2.24) is 0 Å². The van der Waals surface area contributed by atoms with Crippen molar-refractivity contribution in [1.29, 1.82) is 0 Å². The molecule has 4 aromatic carbocycles. The fraction of sp³-hybridized carbons (Fsp3) is 0.167. The van der Waals surface area contributed by atoms with Gasteiger partial charge in [-0.05, 0) is 46.2 Å². The standard InChI is InChI=1S/C24H21BrO2/c1-15-12-16-8-4-6-10-19(16)21(23(15)26-2)22-20-11-7-5-9-17(20)13-18(14-25)24(22)27-3/h4-13H,14H2,1-3H3. The van der Waals surface area contributed by atoms with E-state index in [-0.39, 0.29) is 0 Å². The number of aryl methyl sites for hydroxylation is 1. The van der Waals surface area contributed by atoms with Crippen molar-refractivity contribution in [2.45, 2.75) is 12.3 Å². The highest BCUT2D eigenvalue weighted by Gasteiger charge is 2.22. The van der Waals surface area contributed by atoms with Gasteiger partial charge in [0, 0.05) is 22.0 Å². The lowest BCUT2D eigenvalue weighted by Gasteiger charge is -2.21. The van der Waals surface area contributed by atoms with E-state index >= 15 is 0 Å². The van der Waals surface area contributed by atoms with Crippen LogP contribution >= 0.6 is 15.9 Å². The summed E-state index contributed by atoms with van der Waals surface area (Å²) in [6.45, 7) is 2.10. The van der Waals surface area contributed by atoms with Crippen LogP contribution < -0.4 is 9.47 Å². The molecule has 0 atom stereocenters. The van der Waals surface area contributed by atoms with Crippen molar-refractivity contribution in [3.63, 3.8) is 0 Å². The fourth-order valence-electron chi connectivity index (χ4n) is 3.95. The van der Waals surface area contributed by atoms with Crippen LogP contribution in [-0.4, -0.2) is 14.2 Å². The van der Waals surface area contributed by atoms with Crippen LogP contribution in [0.4, 0.5) is 0 Å². The van der Waals surface area contributed by atoms with Crippen molar-refractivity contribution < 1.29 is 9.47 Å². The van der Waals surface area contributed by atoms with Crippen LogP contribution in [0.25, 0.3) is 32.7 Å². The first kappa shape index (κ1) is 17.9. The van der Waals surface area contributed by atoms with E-state index in [1.165, 1.54) is 10.8 Å². The highest BCUT2D eigenvalue weighted by Crippen LogP contribution is 2.48. The Labute approximate surface area is 167 Å². The minimum Gasteiger partial charge on any atom is -0.496 e. The molecule has 0 aliphatic carbocycles. The first-order valence-electron chi connectivity index (χ1n) is 8.90. The average molecular weight is 421 g/mol. The molecule has 4 rings (SSSR count). The van der Waals surface area contributed by atoms with Gasteiger partial charge in [-0.25, -0.2) is 0 Å². The van der Waals surface area contributed by atoms with Gasteiger partial charge in [0.2, 0.25) is 0 Å². The third-order valence-corrected chi connectivity index (χ3v) is 5.67. The zero-order chi connectivity index (χ0) is 19.0. The molecule has 4 aromatic rings. The first-order chi connectivity index (χ1) is 13.2. The van der Waals surface area contributed by atoms with Crippen molar-refractivity contribution in [2.75, 3.05) is 14.2 Å². The average Bonchev–Trinajstić information content (AvgIpc) is 2.71. The minimum absolute atomic E-state index is 0.722. The summed E-state index contributed by atoms with van der Waals surface area (Å²) in [4.78, 5) is 0. The summed E-state index contributed by atoms with van der Waals surface area (Å²) in [6, 6.07) is 21.3. The number of hydrogen-bond acceptors (Lipinski definition) is 2. The van der Waals surface area contributed by atoms with Crippen LogP contribution in [0.5, 0.6) is 11.5 Å². The van der Waals surface area contributed by atoms with E-state index in [2.05, 4.69) is 83.5 Å². The Balaban J connectivity index is 2.27. The first-order valence-corrected chi connectivity index (χ1v) is 10.0. The van der Waals surface area contributed by atoms with E-state index in [4.69, 9.17) is 9.47 Å². The molecule has 0 saturated carbocycles. The van der Waals surface area contributed by atoms with Crippen molar-refractivity contribution in [3.8, 4) is 22.6 Å². The second kappa shape index (κ2) is 7.24. The van der Waals surface area contributed by atoms with Gasteiger partial charge in [0.25, 0.3) is 0 Å². The summed E-state index contributed by atoms with van der Waals surface area (Å²) in [6.07, 6.45) is 0. The molecule has 0 spiro atoms. The van der Waals surface area contributed by atoms with Gasteiger partial charge in [-0.2, -0.15) is 0 Å². The predicted molar refractivity (Wildman–Crippen MR) is 117 cm³/mol. The van der Waals surface area contributed by atoms with Crippen molar-refractivity contribution in [3.05, 3.63) is 71.8 Å². The summed E-state index contributed by atoms with van der Waals surface area (Å²) in [5.74, 6) is 1.78. The molecule has 0 radical (unpaired) electrons. The Bertz CT molecular complexity index is 1150. The fourth-order valence-corrected chi connectivity index (χ4v) is 4.36. The van der Waals surface area contributed by atoms with Gasteiger partial charge in [-0.3, -0.25) is 0 Å². The number of ether oxygens (including phenoxy) is 2. The number of alkyl halides is 1. The van der Waals surface area contributed by atoms with Gasteiger partial charge in [0.05, 0.1) is 14.2 Å². The van der Waals surface area contributed by atoms with Gasteiger partial charge in [0.15, 0.2) is 0 Å². The number of benzene rings is 4. The number of hydrogen-bond donors (Lipinski definition) is 0. The van der Waals surface area contributed by atoms with Gasteiger partial charge in [-0.15, -0.1) is 0 Å². The van der Waals surface area contributed by atoms with Gasteiger partial charge in [-0.1, -0.05) is 64.5 Å². The summed E-state index contributed by atoms with van der Waals surface area (Å²) >= 11 is 3.63. The van der Waals surface area contributed by atoms with E-state index in [1.807, 2.05) is 0 Å². The van der Waals surface area contributed by atoms with Crippen LogP contribution in [0.15, 0.2) is 60.7 Å². The van der Waals surface area contributed by atoms with Crippen molar-refractivity contribution in [2.24, 2.45) is 0 Å². The topological polar surface area (TPSA) is 18.5 Å². The lowest BCUT2D eigenvalue weighted by atomic mass is 9.89. The van der Waals surface area contributed by atoms with E-state index < -0.39 is 0 Å². The normalized spacial score (nSPS) is 11.1. The smallest absolute Gasteiger partial charge is 0.131 e. The molecule has 136 valence electrons. The molecule has 0 aromatic heterocycles. The van der Waals surface area contributed by atoms with E-state index in [9.17, 15) is 0 Å². The van der Waals surface area contributed by atoms with Gasteiger partial charge in [0.1, 0.15) is 11.5 Å². The highest BCUT2D eigenvalue weighted by atomic mass is 79.9. The molecule has 27 heavy (non-hydrogen) atoms. The van der Waals surface area contributed by atoms with E-state index in [0.717, 1.165) is 49.9 Å². The summed E-state index contributed by atoms with van der Waals surface area (Å²) in [5.41, 5.74) is 4.41. The molecule has 3 heteroatoms. The molecule has 0 unspecified atom stereocenters. The SMILES string of the molecule is COc1c(C)cc2ccccc2c1-c1c(OC)c(CBr)cc2ccccc12. The summed E-state index contributed by atoms with van der Waals surface area (Å²) in [7, 11) is 3.48. The molecule has 0 bridgehead atoms. The Kier molecular flexibility index (Phi) is 4.79.